The van der Waals surface area contributed by atoms with Crippen molar-refractivity contribution in [2.75, 3.05) is 17.7 Å². The molecule has 138 valence electrons. The van der Waals surface area contributed by atoms with Crippen molar-refractivity contribution in [3.63, 3.8) is 0 Å². The highest BCUT2D eigenvalue weighted by atomic mass is 16.2. The summed E-state index contributed by atoms with van der Waals surface area (Å²) in [4.78, 5) is 25.6. The van der Waals surface area contributed by atoms with Gasteiger partial charge in [0, 0.05) is 31.9 Å². The third-order valence-electron chi connectivity index (χ3n) is 4.43. The predicted molar refractivity (Wildman–Crippen MR) is 110 cm³/mol. The zero-order chi connectivity index (χ0) is 19.4. The average Bonchev–Trinajstić information content (AvgIpc) is 2.64. The van der Waals surface area contributed by atoms with Crippen molar-refractivity contribution in [3.8, 4) is 0 Å². The third-order valence-corrected chi connectivity index (χ3v) is 4.43. The Hall–Kier alpha value is -3.34. The highest BCUT2D eigenvalue weighted by Crippen LogP contribution is 2.22. The minimum absolute atomic E-state index is 0.149. The molecule has 0 bridgehead atoms. The van der Waals surface area contributed by atoms with Gasteiger partial charge in [0.2, 0.25) is 5.91 Å². The van der Waals surface area contributed by atoms with Crippen LogP contribution in [0.15, 0.2) is 60.7 Å². The Labute approximate surface area is 159 Å². The molecule has 27 heavy (non-hydrogen) atoms. The van der Waals surface area contributed by atoms with E-state index in [1.54, 1.807) is 18.0 Å². The van der Waals surface area contributed by atoms with Crippen molar-refractivity contribution in [2.45, 2.75) is 20.4 Å². The van der Waals surface area contributed by atoms with E-state index in [9.17, 15) is 9.59 Å². The summed E-state index contributed by atoms with van der Waals surface area (Å²) >= 11 is 0. The fourth-order valence-corrected chi connectivity index (χ4v) is 3.01. The zero-order valence-corrected chi connectivity index (χ0v) is 15.7. The van der Waals surface area contributed by atoms with Crippen molar-refractivity contribution >= 4 is 34.1 Å². The van der Waals surface area contributed by atoms with Gasteiger partial charge in [0.1, 0.15) is 0 Å². The average molecular weight is 361 g/mol. The van der Waals surface area contributed by atoms with Crippen molar-refractivity contribution in [2.24, 2.45) is 0 Å². The quantitative estimate of drug-likeness (QED) is 0.703. The second-order valence-corrected chi connectivity index (χ2v) is 6.64. The van der Waals surface area contributed by atoms with E-state index in [1.807, 2.05) is 43.3 Å². The van der Waals surface area contributed by atoms with Gasteiger partial charge in [0.25, 0.3) is 0 Å². The second-order valence-electron chi connectivity index (χ2n) is 6.64. The smallest absolute Gasteiger partial charge is 0.321 e. The SMILES string of the molecule is CC(=O)Nc1ccc(C)c(NC(=O)N(C)Cc2cccc3ccccc23)c1. The highest BCUT2D eigenvalue weighted by Gasteiger charge is 2.13. The number of carbonyl (C=O) groups excluding carboxylic acids is 2. The Kier molecular flexibility index (Phi) is 5.41. The van der Waals surface area contributed by atoms with Crippen molar-refractivity contribution in [3.05, 3.63) is 71.8 Å². The molecular weight excluding hydrogens is 338 g/mol. The van der Waals surface area contributed by atoms with Crippen molar-refractivity contribution < 1.29 is 9.59 Å². The van der Waals surface area contributed by atoms with Gasteiger partial charge in [-0.3, -0.25) is 4.79 Å². The van der Waals surface area contributed by atoms with Gasteiger partial charge in [-0.2, -0.15) is 0 Å². The lowest BCUT2D eigenvalue weighted by molar-refractivity contribution is -0.114. The number of carbonyl (C=O) groups is 2. The van der Waals surface area contributed by atoms with Crippen LogP contribution in [0, 0.1) is 6.92 Å². The Morgan fingerprint density at radius 1 is 0.963 bits per heavy atom. The molecule has 3 rings (SSSR count). The zero-order valence-electron chi connectivity index (χ0n) is 15.7. The lowest BCUT2D eigenvalue weighted by Gasteiger charge is -2.20. The second kappa shape index (κ2) is 7.91. The van der Waals surface area contributed by atoms with Crippen LogP contribution in [0.5, 0.6) is 0 Å². The maximum Gasteiger partial charge on any atom is 0.321 e. The van der Waals surface area contributed by atoms with Gasteiger partial charge in [0.15, 0.2) is 0 Å². The molecule has 0 aliphatic heterocycles. The first kappa shape index (κ1) is 18.5. The van der Waals surface area contributed by atoms with Crippen molar-refractivity contribution in [1.82, 2.24) is 4.90 Å². The Morgan fingerprint density at radius 2 is 1.70 bits per heavy atom. The Morgan fingerprint density at radius 3 is 2.48 bits per heavy atom. The fourth-order valence-electron chi connectivity index (χ4n) is 3.01. The number of nitrogens with zero attached hydrogens (tertiary/aromatic N) is 1. The van der Waals surface area contributed by atoms with Crippen LogP contribution in [0.3, 0.4) is 0 Å². The number of fused-ring (bicyclic) bond motifs is 1. The number of nitrogens with one attached hydrogen (secondary N) is 2. The summed E-state index contributed by atoms with van der Waals surface area (Å²) in [6.45, 7) is 3.87. The number of hydrogen-bond donors (Lipinski definition) is 2. The molecule has 0 saturated heterocycles. The molecule has 0 aliphatic carbocycles. The van der Waals surface area contributed by atoms with E-state index in [0.29, 0.717) is 17.9 Å². The van der Waals surface area contributed by atoms with E-state index in [1.165, 1.54) is 6.92 Å². The van der Waals surface area contributed by atoms with E-state index >= 15 is 0 Å². The summed E-state index contributed by atoms with van der Waals surface area (Å²) in [7, 11) is 1.77. The molecule has 0 atom stereocenters. The van der Waals surface area contributed by atoms with Gasteiger partial charge in [-0.25, -0.2) is 4.79 Å². The Balaban J connectivity index is 1.75. The summed E-state index contributed by atoms with van der Waals surface area (Å²) in [6, 6.07) is 19.5. The van der Waals surface area contributed by atoms with Crippen LogP contribution >= 0.6 is 0 Å². The van der Waals surface area contributed by atoms with E-state index in [0.717, 1.165) is 21.9 Å². The van der Waals surface area contributed by atoms with Crippen LogP contribution in [0.1, 0.15) is 18.1 Å². The molecule has 3 aromatic rings. The fraction of sp³-hybridized carbons (Fsp3) is 0.182. The minimum atomic E-state index is -0.203. The molecule has 0 aromatic heterocycles. The van der Waals surface area contributed by atoms with Crippen LogP contribution in [0.4, 0.5) is 16.2 Å². The molecule has 0 unspecified atom stereocenters. The van der Waals surface area contributed by atoms with Crippen LogP contribution in [0.25, 0.3) is 10.8 Å². The van der Waals surface area contributed by atoms with Gasteiger partial charge >= 0.3 is 6.03 Å². The Bertz CT molecular complexity index is 993. The maximum absolute atomic E-state index is 12.7. The molecule has 3 amide bonds. The first-order chi connectivity index (χ1) is 12.9. The molecule has 2 N–H and O–H groups in total. The monoisotopic (exact) mass is 361 g/mol. The van der Waals surface area contributed by atoms with Gasteiger partial charge in [-0.1, -0.05) is 48.5 Å². The number of aryl methyl sites for hydroxylation is 1. The largest absolute Gasteiger partial charge is 0.326 e. The van der Waals surface area contributed by atoms with Crippen molar-refractivity contribution in [1.29, 1.82) is 0 Å². The lowest BCUT2D eigenvalue weighted by Crippen LogP contribution is -2.31. The number of hydrogen-bond acceptors (Lipinski definition) is 2. The van der Waals surface area contributed by atoms with E-state index in [4.69, 9.17) is 0 Å². The molecule has 0 saturated carbocycles. The van der Waals surface area contributed by atoms with Gasteiger partial charge in [0.05, 0.1) is 0 Å². The molecule has 0 aliphatic rings. The van der Waals surface area contributed by atoms with Gasteiger partial charge in [-0.05, 0) is 41.0 Å². The number of benzene rings is 3. The summed E-state index contributed by atoms with van der Waals surface area (Å²) < 4.78 is 0. The molecule has 0 radical (unpaired) electrons. The van der Waals surface area contributed by atoms with Crippen LogP contribution in [-0.2, 0) is 11.3 Å². The van der Waals surface area contributed by atoms with E-state index in [2.05, 4.69) is 28.8 Å². The summed E-state index contributed by atoms with van der Waals surface area (Å²) in [5.41, 5.74) is 3.35. The van der Waals surface area contributed by atoms with Gasteiger partial charge < -0.3 is 15.5 Å². The molecule has 5 nitrogen and oxygen atoms in total. The minimum Gasteiger partial charge on any atom is -0.326 e. The molecule has 0 heterocycles. The van der Waals surface area contributed by atoms with Gasteiger partial charge in [-0.15, -0.1) is 0 Å². The molecular formula is C22H23N3O2. The standard InChI is InChI=1S/C22H23N3O2/c1-15-11-12-19(23-16(2)26)13-21(15)24-22(27)25(3)14-18-9-6-8-17-7-4-5-10-20(17)18/h4-13H,14H2,1-3H3,(H,23,26)(H,24,27). The summed E-state index contributed by atoms with van der Waals surface area (Å²) in [5.74, 6) is -0.149. The number of urea groups is 1. The molecule has 0 fully saturated rings. The van der Waals surface area contributed by atoms with E-state index < -0.39 is 0 Å². The van der Waals surface area contributed by atoms with Crippen LogP contribution < -0.4 is 10.6 Å². The van der Waals surface area contributed by atoms with Crippen LogP contribution in [-0.4, -0.2) is 23.9 Å². The first-order valence-corrected chi connectivity index (χ1v) is 8.81. The topological polar surface area (TPSA) is 61.4 Å². The summed E-state index contributed by atoms with van der Waals surface area (Å²) in [6.07, 6.45) is 0. The van der Waals surface area contributed by atoms with Crippen LogP contribution in [0.2, 0.25) is 0 Å². The number of amides is 3. The maximum atomic E-state index is 12.7. The van der Waals surface area contributed by atoms with E-state index in [-0.39, 0.29) is 11.9 Å². The summed E-state index contributed by atoms with van der Waals surface area (Å²) in [5, 5.41) is 7.96. The highest BCUT2D eigenvalue weighted by molar-refractivity contribution is 5.93. The lowest BCUT2D eigenvalue weighted by atomic mass is 10.0. The predicted octanol–water partition coefficient (Wildman–Crippen LogP) is 4.77. The molecule has 3 aromatic carbocycles. The molecule has 5 heteroatoms. The number of anilines is 2. The first-order valence-electron chi connectivity index (χ1n) is 8.81. The molecule has 0 spiro atoms. The number of rotatable bonds is 4. The normalized spacial score (nSPS) is 10.5. The third kappa shape index (κ3) is 4.44.